The van der Waals surface area contributed by atoms with Crippen molar-refractivity contribution < 1.29 is 9.90 Å². The van der Waals surface area contributed by atoms with Crippen LogP contribution in [-0.4, -0.2) is 22.0 Å². The van der Waals surface area contributed by atoms with E-state index in [2.05, 4.69) is 18.8 Å². The molecule has 0 aromatic carbocycles. The van der Waals surface area contributed by atoms with Crippen molar-refractivity contribution in [3.8, 4) is 0 Å². The molecule has 124 valence electrons. The number of anilines is 1. The van der Waals surface area contributed by atoms with Gasteiger partial charge in [0.05, 0.1) is 12.3 Å². The Bertz CT molecular complexity index is 515. The number of nitrogens with zero attached hydrogens (tertiary/aromatic N) is 1. The first-order valence-corrected chi connectivity index (χ1v) is 8.26. The van der Waals surface area contributed by atoms with Gasteiger partial charge in [0.15, 0.2) is 0 Å². The first kappa shape index (κ1) is 17.1. The molecule has 0 unspecified atom stereocenters. The Kier molecular flexibility index (Phi) is 4.71. The molecule has 1 amide bonds. The lowest BCUT2D eigenvalue weighted by molar-refractivity contribution is -0.126. The molecule has 1 aliphatic rings. The third kappa shape index (κ3) is 3.72. The molecule has 1 saturated carbocycles. The van der Waals surface area contributed by atoms with Gasteiger partial charge in [-0.2, -0.15) is 0 Å². The molecule has 1 fully saturated rings. The van der Waals surface area contributed by atoms with E-state index in [0.29, 0.717) is 5.41 Å². The number of nitrogens with one attached hydrogen (secondary N) is 1. The van der Waals surface area contributed by atoms with Crippen molar-refractivity contribution in [2.75, 3.05) is 4.90 Å². The molecule has 2 rings (SSSR count). The van der Waals surface area contributed by atoms with Gasteiger partial charge in [-0.1, -0.05) is 34.6 Å². The molecular weight excluding hydrogens is 276 g/mol. The minimum absolute atomic E-state index is 0.0325. The lowest BCUT2D eigenvalue weighted by atomic mass is 9.75. The average molecular weight is 306 g/mol. The summed E-state index contributed by atoms with van der Waals surface area (Å²) in [6.45, 7) is 10.5. The molecule has 0 saturated heterocycles. The molecule has 1 aromatic rings. The van der Waals surface area contributed by atoms with Gasteiger partial charge in [0.2, 0.25) is 5.91 Å². The van der Waals surface area contributed by atoms with Crippen LogP contribution in [0.3, 0.4) is 0 Å². The molecule has 4 nitrogen and oxygen atoms in total. The summed E-state index contributed by atoms with van der Waals surface area (Å²) in [4.78, 5) is 18.0. The van der Waals surface area contributed by atoms with Crippen molar-refractivity contribution in [3.05, 3.63) is 18.0 Å². The van der Waals surface area contributed by atoms with Crippen molar-refractivity contribution in [1.82, 2.24) is 4.98 Å². The molecule has 0 radical (unpaired) electrons. The summed E-state index contributed by atoms with van der Waals surface area (Å²) in [5, 5.41) is 9.28. The van der Waals surface area contributed by atoms with Crippen LogP contribution < -0.4 is 4.90 Å². The van der Waals surface area contributed by atoms with Crippen LogP contribution in [0.5, 0.6) is 0 Å². The third-order valence-corrected chi connectivity index (χ3v) is 4.71. The molecule has 0 aliphatic heterocycles. The number of aromatic nitrogens is 1. The Hall–Kier alpha value is -1.29. The summed E-state index contributed by atoms with van der Waals surface area (Å²) < 4.78 is 0. The van der Waals surface area contributed by atoms with E-state index in [9.17, 15) is 9.90 Å². The number of aliphatic hydroxyl groups is 1. The Morgan fingerprint density at radius 1 is 1.36 bits per heavy atom. The highest BCUT2D eigenvalue weighted by Crippen LogP contribution is 2.39. The second kappa shape index (κ2) is 6.07. The smallest absolute Gasteiger partial charge is 0.232 e. The topological polar surface area (TPSA) is 56.3 Å². The number of rotatable bonds is 3. The van der Waals surface area contributed by atoms with E-state index in [1.54, 1.807) is 0 Å². The first-order chi connectivity index (χ1) is 10.1. The SMILES string of the molecule is CC1(C)CCC(N(C(=O)C(C)(C)C)c2c[nH]c(CO)c2)CC1. The monoisotopic (exact) mass is 306 g/mol. The summed E-state index contributed by atoms with van der Waals surface area (Å²) in [7, 11) is 0. The van der Waals surface area contributed by atoms with Crippen LogP contribution in [0, 0.1) is 10.8 Å². The van der Waals surface area contributed by atoms with Gasteiger partial charge in [-0.05, 0) is 37.2 Å². The predicted octanol–water partition coefficient (Wildman–Crippen LogP) is 3.85. The minimum atomic E-state index is -0.413. The van der Waals surface area contributed by atoms with E-state index >= 15 is 0 Å². The molecule has 0 bridgehead atoms. The molecule has 1 aromatic heterocycles. The lowest BCUT2D eigenvalue weighted by Crippen LogP contribution is -2.48. The van der Waals surface area contributed by atoms with Crippen molar-refractivity contribution in [1.29, 1.82) is 0 Å². The van der Waals surface area contributed by atoms with Crippen LogP contribution in [0.1, 0.15) is 66.0 Å². The molecule has 2 N–H and O–H groups in total. The van der Waals surface area contributed by atoms with Crippen molar-refractivity contribution in [2.45, 2.75) is 73.0 Å². The first-order valence-electron chi connectivity index (χ1n) is 8.26. The fourth-order valence-electron chi connectivity index (χ4n) is 3.16. The highest BCUT2D eigenvalue weighted by Gasteiger charge is 2.37. The summed E-state index contributed by atoms with van der Waals surface area (Å²) in [6.07, 6.45) is 6.20. The van der Waals surface area contributed by atoms with Crippen LogP contribution in [0.15, 0.2) is 12.3 Å². The van der Waals surface area contributed by atoms with E-state index in [1.165, 1.54) is 0 Å². The van der Waals surface area contributed by atoms with Crippen molar-refractivity contribution in [2.24, 2.45) is 10.8 Å². The fraction of sp³-hybridized carbons (Fsp3) is 0.722. The molecule has 0 spiro atoms. The third-order valence-electron chi connectivity index (χ3n) is 4.71. The highest BCUT2D eigenvalue weighted by atomic mass is 16.3. The average Bonchev–Trinajstić information content (AvgIpc) is 2.88. The number of H-pyrrole nitrogens is 1. The zero-order valence-corrected chi connectivity index (χ0v) is 14.6. The van der Waals surface area contributed by atoms with E-state index in [0.717, 1.165) is 37.1 Å². The van der Waals surface area contributed by atoms with Gasteiger partial charge in [0.25, 0.3) is 0 Å². The maximum Gasteiger partial charge on any atom is 0.232 e. The highest BCUT2D eigenvalue weighted by molar-refractivity contribution is 5.97. The number of carbonyl (C=O) groups excluding carboxylic acids is 1. The molecule has 1 aliphatic carbocycles. The van der Waals surface area contributed by atoms with E-state index < -0.39 is 5.41 Å². The Morgan fingerprint density at radius 3 is 2.41 bits per heavy atom. The van der Waals surface area contributed by atoms with Gasteiger partial charge in [-0.15, -0.1) is 0 Å². The molecule has 4 heteroatoms. The van der Waals surface area contributed by atoms with Gasteiger partial charge in [0.1, 0.15) is 0 Å². The van der Waals surface area contributed by atoms with Crippen molar-refractivity contribution >= 4 is 11.6 Å². The van der Waals surface area contributed by atoms with Gasteiger partial charge in [-0.25, -0.2) is 0 Å². The van der Waals surface area contributed by atoms with Crippen LogP contribution in [0.4, 0.5) is 5.69 Å². The molecule has 1 heterocycles. The quantitative estimate of drug-likeness (QED) is 0.891. The number of carbonyl (C=O) groups is 1. The normalized spacial score (nSPS) is 19.2. The van der Waals surface area contributed by atoms with Gasteiger partial charge >= 0.3 is 0 Å². The van der Waals surface area contributed by atoms with Crippen LogP contribution >= 0.6 is 0 Å². The van der Waals surface area contributed by atoms with Crippen LogP contribution in [0.25, 0.3) is 0 Å². The molecular formula is C18H30N2O2. The number of amides is 1. The lowest BCUT2D eigenvalue weighted by Gasteiger charge is -2.41. The maximum absolute atomic E-state index is 13.0. The minimum Gasteiger partial charge on any atom is -0.390 e. The maximum atomic E-state index is 13.0. The van der Waals surface area contributed by atoms with Gasteiger partial charge < -0.3 is 15.0 Å². The van der Waals surface area contributed by atoms with E-state index in [4.69, 9.17) is 0 Å². The molecule has 22 heavy (non-hydrogen) atoms. The standard InChI is InChI=1S/C18H30N2O2/c1-17(2,3)16(22)20(15-10-13(12-21)19-11-15)14-6-8-18(4,5)9-7-14/h10-11,14,19,21H,6-9,12H2,1-5H3. The summed E-state index contributed by atoms with van der Waals surface area (Å²) in [5.41, 5.74) is 1.59. The zero-order chi connectivity index (χ0) is 16.5. The van der Waals surface area contributed by atoms with E-state index in [-0.39, 0.29) is 18.6 Å². The second-order valence-electron chi connectivity index (χ2n) is 8.36. The number of hydrogen-bond acceptors (Lipinski definition) is 2. The Balaban J connectivity index is 2.28. The predicted molar refractivity (Wildman–Crippen MR) is 89.7 cm³/mol. The zero-order valence-electron chi connectivity index (χ0n) is 14.6. The van der Waals surface area contributed by atoms with Gasteiger partial charge in [0, 0.05) is 23.3 Å². The van der Waals surface area contributed by atoms with Crippen molar-refractivity contribution in [3.63, 3.8) is 0 Å². The van der Waals surface area contributed by atoms with Gasteiger partial charge in [-0.3, -0.25) is 4.79 Å². The Morgan fingerprint density at radius 2 is 1.95 bits per heavy atom. The summed E-state index contributed by atoms with van der Waals surface area (Å²) in [6, 6.07) is 2.14. The van der Waals surface area contributed by atoms with Crippen LogP contribution in [-0.2, 0) is 11.4 Å². The fourth-order valence-corrected chi connectivity index (χ4v) is 3.16. The second-order valence-corrected chi connectivity index (χ2v) is 8.36. The largest absolute Gasteiger partial charge is 0.390 e. The summed E-state index contributed by atoms with van der Waals surface area (Å²) in [5.74, 6) is 0.153. The number of aromatic amines is 1. The number of hydrogen-bond donors (Lipinski definition) is 2. The van der Waals surface area contributed by atoms with E-state index in [1.807, 2.05) is 37.9 Å². The summed E-state index contributed by atoms with van der Waals surface area (Å²) >= 11 is 0. The van der Waals surface area contributed by atoms with Crippen LogP contribution in [0.2, 0.25) is 0 Å². The molecule has 0 atom stereocenters. The number of aliphatic hydroxyl groups excluding tert-OH is 1. The Labute approximate surface area is 133 Å².